The molecule has 3 aromatic rings. The van der Waals surface area contributed by atoms with Crippen molar-refractivity contribution in [3.05, 3.63) is 66.2 Å². The Morgan fingerprint density at radius 2 is 2.04 bits per heavy atom. The number of aromatic nitrogens is 1. The second-order valence-electron chi connectivity index (χ2n) is 7.24. The van der Waals surface area contributed by atoms with Gasteiger partial charge in [-0.3, -0.25) is 4.79 Å². The van der Waals surface area contributed by atoms with E-state index in [1.807, 2.05) is 67.3 Å². The Morgan fingerprint density at radius 1 is 1.21 bits per heavy atom. The molecule has 1 aromatic heterocycles. The third-order valence-corrected chi connectivity index (χ3v) is 4.87. The molecular weight excluding hydrogens is 352 g/mol. The lowest BCUT2D eigenvalue weighted by Crippen LogP contribution is -2.42. The minimum Gasteiger partial charge on any atom is -0.487 e. The number of oxazole rings is 1. The number of anilines is 1. The van der Waals surface area contributed by atoms with Crippen LogP contribution < -0.4 is 9.64 Å². The second-order valence-corrected chi connectivity index (χ2v) is 7.24. The van der Waals surface area contributed by atoms with Gasteiger partial charge in [0.1, 0.15) is 11.9 Å². The van der Waals surface area contributed by atoms with Crippen molar-refractivity contribution in [2.45, 2.75) is 39.2 Å². The Balaban J connectivity index is 1.37. The Bertz CT molecular complexity index is 965. The van der Waals surface area contributed by atoms with Crippen molar-refractivity contribution in [1.82, 2.24) is 4.98 Å². The minimum atomic E-state index is -0.0154. The summed E-state index contributed by atoms with van der Waals surface area (Å²) < 4.78 is 11.7. The fraction of sp³-hybridized carbons (Fsp3) is 0.304. The highest BCUT2D eigenvalue weighted by atomic mass is 16.5. The van der Waals surface area contributed by atoms with E-state index in [1.165, 1.54) is 0 Å². The highest BCUT2D eigenvalue weighted by Gasteiger charge is 2.27. The first-order chi connectivity index (χ1) is 13.6. The van der Waals surface area contributed by atoms with Crippen LogP contribution in [0.15, 0.2) is 59.1 Å². The van der Waals surface area contributed by atoms with Gasteiger partial charge in [-0.1, -0.05) is 36.4 Å². The average molecular weight is 376 g/mol. The summed E-state index contributed by atoms with van der Waals surface area (Å²) in [6.07, 6.45) is 3.51. The van der Waals surface area contributed by atoms with Crippen LogP contribution in [0.5, 0.6) is 5.75 Å². The van der Waals surface area contributed by atoms with Gasteiger partial charge in [0.2, 0.25) is 5.91 Å². The predicted octanol–water partition coefficient (Wildman–Crippen LogP) is 4.79. The fourth-order valence-corrected chi connectivity index (χ4v) is 3.47. The van der Waals surface area contributed by atoms with Crippen molar-refractivity contribution in [2.24, 2.45) is 0 Å². The topological polar surface area (TPSA) is 55.6 Å². The van der Waals surface area contributed by atoms with Crippen LogP contribution >= 0.6 is 0 Å². The molecule has 1 amide bonds. The summed E-state index contributed by atoms with van der Waals surface area (Å²) in [5.41, 5.74) is 2.99. The van der Waals surface area contributed by atoms with E-state index in [-0.39, 0.29) is 12.0 Å². The van der Waals surface area contributed by atoms with E-state index in [0.29, 0.717) is 31.7 Å². The molecule has 0 aliphatic carbocycles. The molecular formula is C23H24N2O3. The third-order valence-electron chi connectivity index (χ3n) is 4.87. The number of hydrogen-bond donors (Lipinski definition) is 0. The molecule has 5 heteroatoms. The number of amides is 1. The van der Waals surface area contributed by atoms with Gasteiger partial charge in [-0.2, -0.15) is 0 Å². The van der Waals surface area contributed by atoms with Gasteiger partial charge in [-0.15, -0.1) is 0 Å². The van der Waals surface area contributed by atoms with Gasteiger partial charge in [0, 0.05) is 18.4 Å². The summed E-state index contributed by atoms with van der Waals surface area (Å²) in [6.45, 7) is 4.59. The van der Waals surface area contributed by atoms with Crippen LogP contribution in [0.3, 0.4) is 0 Å². The van der Waals surface area contributed by atoms with Gasteiger partial charge in [-0.25, -0.2) is 4.98 Å². The van der Waals surface area contributed by atoms with E-state index < -0.39 is 0 Å². The summed E-state index contributed by atoms with van der Waals surface area (Å²) in [7, 11) is 0. The van der Waals surface area contributed by atoms with Gasteiger partial charge >= 0.3 is 0 Å². The lowest BCUT2D eigenvalue weighted by atomic mass is 10.1. The van der Waals surface area contributed by atoms with E-state index in [4.69, 9.17) is 9.15 Å². The van der Waals surface area contributed by atoms with Crippen LogP contribution in [0, 0.1) is 6.92 Å². The van der Waals surface area contributed by atoms with Crippen LogP contribution in [0.1, 0.15) is 31.2 Å². The number of carbonyl (C=O) groups is 1. The van der Waals surface area contributed by atoms with Crippen molar-refractivity contribution < 1.29 is 13.9 Å². The van der Waals surface area contributed by atoms with Gasteiger partial charge in [-0.05, 0) is 38.0 Å². The number of aryl methyl sites for hydroxylation is 2. The van der Waals surface area contributed by atoms with Gasteiger partial charge in [0.25, 0.3) is 0 Å². The molecule has 0 bridgehead atoms. The first kappa shape index (κ1) is 18.3. The molecule has 0 radical (unpaired) electrons. The zero-order valence-electron chi connectivity index (χ0n) is 16.2. The Kier molecular flexibility index (Phi) is 5.15. The Morgan fingerprint density at radius 3 is 2.86 bits per heavy atom. The van der Waals surface area contributed by atoms with Crippen molar-refractivity contribution >= 4 is 11.6 Å². The summed E-state index contributed by atoms with van der Waals surface area (Å²) >= 11 is 0. The number of rotatable bonds is 5. The number of fused-ring (bicyclic) bond motifs is 1. The second kappa shape index (κ2) is 7.89. The zero-order chi connectivity index (χ0) is 19.5. The quantitative estimate of drug-likeness (QED) is 0.643. The maximum absolute atomic E-state index is 12.8. The van der Waals surface area contributed by atoms with Crippen LogP contribution in [0.4, 0.5) is 5.69 Å². The molecule has 0 N–H and O–H groups in total. The average Bonchev–Trinajstić information content (AvgIpc) is 3.16. The van der Waals surface area contributed by atoms with Gasteiger partial charge in [0.05, 0.1) is 18.4 Å². The van der Waals surface area contributed by atoms with Crippen LogP contribution in [-0.4, -0.2) is 23.5 Å². The molecule has 0 unspecified atom stereocenters. The molecule has 144 valence electrons. The molecule has 1 aliphatic heterocycles. The highest BCUT2D eigenvalue weighted by Crippen LogP contribution is 2.34. The summed E-state index contributed by atoms with van der Waals surface area (Å²) in [5, 5.41) is 0. The molecule has 0 fully saturated rings. The third kappa shape index (κ3) is 3.93. The van der Waals surface area contributed by atoms with Crippen molar-refractivity contribution in [2.75, 3.05) is 11.4 Å². The molecule has 2 aromatic carbocycles. The smallest absolute Gasteiger partial charge is 0.227 e. The Hall–Kier alpha value is -3.08. The van der Waals surface area contributed by atoms with Crippen LogP contribution in [0.2, 0.25) is 0 Å². The first-order valence-electron chi connectivity index (χ1n) is 9.68. The summed E-state index contributed by atoms with van der Waals surface area (Å²) in [5.74, 6) is 2.31. The number of nitrogens with zero attached hydrogens (tertiary/aromatic N) is 2. The molecule has 0 saturated carbocycles. The maximum atomic E-state index is 12.8. The monoisotopic (exact) mass is 376 g/mol. The molecule has 0 saturated heterocycles. The molecule has 4 rings (SSSR count). The van der Waals surface area contributed by atoms with Crippen LogP contribution in [0.25, 0.3) is 11.3 Å². The normalized spacial score (nSPS) is 15.8. The van der Waals surface area contributed by atoms with Crippen molar-refractivity contribution in [3.8, 4) is 17.1 Å². The van der Waals surface area contributed by atoms with E-state index >= 15 is 0 Å². The largest absolute Gasteiger partial charge is 0.487 e. The SMILES string of the molecule is Cc1ccc2c(c1)O[C@H](C)CN2C(=O)CCCc1ncc(-c2ccccc2)o1. The standard InChI is InChI=1S/C23H24N2O3/c1-16-11-12-19-20(13-16)27-17(2)15-25(19)23(26)10-6-9-22-24-14-21(28-22)18-7-4-3-5-8-18/h3-5,7-8,11-14,17H,6,9-10,15H2,1-2H3/t17-/m1/s1. The number of hydrogen-bond acceptors (Lipinski definition) is 4. The van der Waals surface area contributed by atoms with Gasteiger partial charge in [0.15, 0.2) is 11.7 Å². The van der Waals surface area contributed by atoms with E-state index in [0.717, 1.165) is 28.3 Å². The predicted molar refractivity (Wildman–Crippen MR) is 108 cm³/mol. The van der Waals surface area contributed by atoms with E-state index in [9.17, 15) is 4.79 Å². The van der Waals surface area contributed by atoms with E-state index in [2.05, 4.69) is 4.98 Å². The van der Waals surface area contributed by atoms with Crippen LogP contribution in [-0.2, 0) is 11.2 Å². The van der Waals surface area contributed by atoms with Crippen molar-refractivity contribution in [1.29, 1.82) is 0 Å². The lowest BCUT2D eigenvalue weighted by Gasteiger charge is -2.33. The highest BCUT2D eigenvalue weighted by molar-refractivity contribution is 5.95. The number of ether oxygens (including phenoxy) is 1. The Labute approximate surface area is 165 Å². The summed E-state index contributed by atoms with van der Waals surface area (Å²) in [4.78, 5) is 19.0. The first-order valence-corrected chi connectivity index (χ1v) is 9.68. The molecule has 1 aliphatic rings. The molecule has 28 heavy (non-hydrogen) atoms. The zero-order valence-corrected chi connectivity index (χ0v) is 16.2. The number of benzene rings is 2. The maximum Gasteiger partial charge on any atom is 0.227 e. The summed E-state index contributed by atoms with van der Waals surface area (Å²) in [6, 6.07) is 15.9. The van der Waals surface area contributed by atoms with Crippen molar-refractivity contribution in [3.63, 3.8) is 0 Å². The van der Waals surface area contributed by atoms with Gasteiger partial charge < -0.3 is 14.1 Å². The molecule has 5 nitrogen and oxygen atoms in total. The molecule has 0 spiro atoms. The molecule has 1 atom stereocenters. The fourth-order valence-electron chi connectivity index (χ4n) is 3.47. The minimum absolute atomic E-state index is 0.0154. The lowest BCUT2D eigenvalue weighted by molar-refractivity contribution is -0.119. The van der Waals surface area contributed by atoms with E-state index in [1.54, 1.807) is 6.20 Å². The molecule has 2 heterocycles. The number of carbonyl (C=O) groups excluding carboxylic acids is 1.